The maximum absolute atomic E-state index is 13.6. The molecule has 21 heavy (non-hydrogen) atoms. The van der Waals surface area contributed by atoms with E-state index in [4.69, 9.17) is 5.11 Å². The molecule has 0 spiro atoms. The van der Waals surface area contributed by atoms with Gasteiger partial charge >= 0.3 is 0 Å². The summed E-state index contributed by atoms with van der Waals surface area (Å²) in [5.41, 5.74) is -0.0622. The molecule has 1 aliphatic heterocycles. The molecule has 0 saturated carbocycles. The number of halogens is 2. The minimum Gasteiger partial charge on any atom is -0.395 e. The summed E-state index contributed by atoms with van der Waals surface area (Å²) in [5.74, 6) is -1.82. The van der Waals surface area contributed by atoms with E-state index in [0.717, 1.165) is 38.2 Å². The van der Waals surface area contributed by atoms with Crippen molar-refractivity contribution in [3.05, 3.63) is 35.4 Å². The molecule has 4 nitrogen and oxygen atoms in total. The summed E-state index contributed by atoms with van der Waals surface area (Å²) < 4.78 is 26.4. The van der Waals surface area contributed by atoms with E-state index >= 15 is 0 Å². The number of aliphatic hydroxyl groups excluding tert-OH is 1. The molecule has 1 aromatic carbocycles. The molecular formula is C15H20F2N2O2. The molecule has 1 aliphatic rings. The Hall–Kier alpha value is -1.37. The van der Waals surface area contributed by atoms with Gasteiger partial charge in [-0.2, -0.15) is 0 Å². The van der Waals surface area contributed by atoms with Crippen molar-refractivity contribution in [3.8, 4) is 0 Å². The van der Waals surface area contributed by atoms with Crippen LogP contribution in [0.5, 0.6) is 0 Å². The van der Waals surface area contributed by atoms with Gasteiger partial charge in [-0.15, -0.1) is 0 Å². The second-order valence-corrected chi connectivity index (χ2v) is 5.24. The van der Waals surface area contributed by atoms with Crippen molar-refractivity contribution >= 4 is 5.78 Å². The van der Waals surface area contributed by atoms with Gasteiger partial charge in [0.05, 0.1) is 18.7 Å². The Kier molecular flexibility index (Phi) is 5.78. The summed E-state index contributed by atoms with van der Waals surface area (Å²) in [5, 5.41) is 8.94. The van der Waals surface area contributed by atoms with Crippen LogP contribution in [0, 0.1) is 11.6 Å². The Bertz CT molecular complexity index is 497. The van der Waals surface area contributed by atoms with Gasteiger partial charge in [0.25, 0.3) is 0 Å². The number of nitrogens with zero attached hydrogens (tertiary/aromatic N) is 2. The molecule has 0 atom stereocenters. The Morgan fingerprint density at radius 3 is 2.57 bits per heavy atom. The van der Waals surface area contributed by atoms with Crippen LogP contribution in [-0.4, -0.2) is 66.6 Å². The molecule has 116 valence electrons. The molecule has 1 aromatic rings. The molecule has 0 unspecified atom stereocenters. The van der Waals surface area contributed by atoms with Crippen molar-refractivity contribution in [2.75, 3.05) is 45.9 Å². The summed E-state index contributed by atoms with van der Waals surface area (Å²) >= 11 is 0. The standard InChI is InChI=1S/C15H20F2N2O2/c16-12-2-3-13(14(17)10-12)15(21)11-19-5-1-4-18(6-7-19)8-9-20/h2-3,10,20H,1,4-9,11H2. The smallest absolute Gasteiger partial charge is 0.179 e. The highest BCUT2D eigenvalue weighted by atomic mass is 19.1. The third-order valence-electron chi connectivity index (χ3n) is 3.70. The van der Waals surface area contributed by atoms with Gasteiger partial charge in [-0.1, -0.05) is 0 Å². The number of β-amino-alcohol motifs (C(OH)–C–C–N with tert-alkyl or cyclic N) is 1. The molecule has 0 bridgehead atoms. The highest BCUT2D eigenvalue weighted by Gasteiger charge is 2.19. The SMILES string of the molecule is O=C(CN1CCCN(CCO)CC1)c1ccc(F)cc1F. The van der Waals surface area contributed by atoms with Gasteiger partial charge < -0.3 is 5.11 Å². The van der Waals surface area contributed by atoms with Gasteiger partial charge in [0.1, 0.15) is 11.6 Å². The number of hydrogen-bond donors (Lipinski definition) is 1. The zero-order chi connectivity index (χ0) is 15.2. The van der Waals surface area contributed by atoms with E-state index in [2.05, 4.69) is 4.90 Å². The lowest BCUT2D eigenvalue weighted by molar-refractivity contribution is 0.0928. The Morgan fingerprint density at radius 1 is 1.14 bits per heavy atom. The second-order valence-electron chi connectivity index (χ2n) is 5.24. The summed E-state index contributed by atoms with van der Waals surface area (Å²) in [6, 6.07) is 3.03. The van der Waals surface area contributed by atoms with E-state index in [1.54, 1.807) is 0 Å². The number of Topliss-reactive ketones (excluding diaryl/α,β-unsaturated/α-hetero) is 1. The van der Waals surface area contributed by atoms with E-state index in [1.807, 2.05) is 4.90 Å². The maximum atomic E-state index is 13.6. The van der Waals surface area contributed by atoms with Gasteiger partial charge in [0.2, 0.25) is 0 Å². The summed E-state index contributed by atoms with van der Waals surface area (Å²) in [6.07, 6.45) is 0.902. The molecule has 0 amide bonds. The number of carbonyl (C=O) groups is 1. The minimum atomic E-state index is -0.809. The molecule has 2 rings (SSSR count). The van der Waals surface area contributed by atoms with Gasteiger partial charge in [-0.3, -0.25) is 14.6 Å². The van der Waals surface area contributed by atoms with Gasteiger partial charge in [-0.05, 0) is 31.6 Å². The van der Waals surface area contributed by atoms with E-state index in [0.29, 0.717) is 13.1 Å². The van der Waals surface area contributed by atoms with Crippen LogP contribution in [0.3, 0.4) is 0 Å². The van der Waals surface area contributed by atoms with Crippen molar-refractivity contribution < 1.29 is 18.7 Å². The highest BCUT2D eigenvalue weighted by molar-refractivity contribution is 5.97. The third-order valence-corrected chi connectivity index (χ3v) is 3.70. The molecule has 0 aliphatic carbocycles. The molecule has 6 heteroatoms. The topological polar surface area (TPSA) is 43.8 Å². The summed E-state index contributed by atoms with van der Waals surface area (Å²) in [6.45, 7) is 4.02. The summed E-state index contributed by atoms with van der Waals surface area (Å²) in [4.78, 5) is 16.2. The predicted molar refractivity (Wildman–Crippen MR) is 75.3 cm³/mol. The van der Waals surface area contributed by atoms with Crippen LogP contribution >= 0.6 is 0 Å². The van der Waals surface area contributed by atoms with Crippen molar-refractivity contribution in [2.45, 2.75) is 6.42 Å². The van der Waals surface area contributed by atoms with Gasteiger partial charge in [0.15, 0.2) is 5.78 Å². The van der Waals surface area contributed by atoms with Crippen LogP contribution < -0.4 is 0 Å². The first-order chi connectivity index (χ1) is 10.1. The first-order valence-corrected chi connectivity index (χ1v) is 7.14. The van der Waals surface area contributed by atoms with Crippen LogP contribution in [0.2, 0.25) is 0 Å². The molecular weight excluding hydrogens is 278 g/mol. The van der Waals surface area contributed by atoms with Crippen molar-refractivity contribution in [1.82, 2.24) is 9.80 Å². The normalized spacial score (nSPS) is 17.7. The van der Waals surface area contributed by atoms with E-state index < -0.39 is 11.6 Å². The first-order valence-electron chi connectivity index (χ1n) is 7.14. The molecule has 1 fully saturated rings. The molecule has 1 N–H and O–H groups in total. The molecule has 0 radical (unpaired) electrons. The van der Waals surface area contributed by atoms with Crippen LogP contribution in [0.15, 0.2) is 18.2 Å². The van der Waals surface area contributed by atoms with Crippen LogP contribution in [0.1, 0.15) is 16.8 Å². The maximum Gasteiger partial charge on any atom is 0.179 e. The number of benzene rings is 1. The second kappa shape index (κ2) is 7.59. The van der Waals surface area contributed by atoms with Crippen LogP contribution in [-0.2, 0) is 0 Å². The monoisotopic (exact) mass is 298 g/mol. The van der Waals surface area contributed by atoms with E-state index in [-0.39, 0.29) is 24.5 Å². The third kappa shape index (κ3) is 4.56. The predicted octanol–water partition coefficient (Wildman–Crippen LogP) is 1.15. The van der Waals surface area contributed by atoms with E-state index in [1.165, 1.54) is 6.07 Å². The van der Waals surface area contributed by atoms with Crippen LogP contribution in [0.25, 0.3) is 0 Å². The number of rotatable bonds is 5. The fraction of sp³-hybridized carbons (Fsp3) is 0.533. The molecule has 0 aromatic heterocycles. The molecule has 1 saturated heterocycles. The van der Waals surface area contributed by atoms with Gasteiger partial charge in [-0.25, -0.2) is 8.78 Å². The average molecular weight is 298 g/mol. The first kappa shape index (κ1) is 16.0. The largest absolute Gasteiger partial charge is 0.395 e. The zero-order valence-electron chi connectivity index (χ0n) is 11.9. The highest BCUT2D eigenvalue weighted by Crippen LogP contribution is 2.12. The zero-order valence-corrected chi connectivity index (χ0v) is 11.9. The lowest BCUT2D eigenvalue weighted by Gasteiger charge is -2.20. The number of hydrogen-bond acceptors (Lipinski definition) is 4. The lowest BCUT2D eigenvalue weighted by Crippen LogP contribution is -2.35. The van der Waals surface area contributed by atoms with Crippen molar-refractivity contribution in [3.63, 3.8) is 0 Å². The lowest BCUT2D eigenvalue weighted by atomic mass is 10.1. The Morgan fingerprint density at radius 2 is 1.86 bits per heavy atom. The minimum absolute atomic E-state index is 0.0622. The Labute approximate surface area is 123 Å². The van der Waals surface area contributed by atoms with E-state index in [9.17, 15) is 13.6 Å². The van der Waals surface area contributed by atoms with Crippen LogP contribution in [0.4, 0.5) is 8.78 Å². The number of carbonyl (C=O) groups excluding carboxylic acids is 1. The number of aliphatic hydroxyl groups is 1. The quantitative estimate of drug-likeness (QED) is 0.828. The number of ketones is 1. The average Bonchev–Trinajstić information content (AvgIpc) is 2.65. The molecule has 1 heterocycles. The van der Waals surface area contributed by atoms with Gasteiger partial charge in [0, 0.05) is 25.7 Å². The van der Waals surface area contributed by atoms with Crippen molar-refractivity contribution in [1.29, 1.82) is 0 Å². The van der Waals surface area contributed by atoms with Crippen molar-refractivity contribution in [2.24, 2.45) is 0 Å². The fourth-order valence-electron chi connectivity index (χ4n) is 2.55. The fourth-order valence-corrected chi connectivity index (χ4v) is 2.55. The summed E-state index contributed by atoms with van der Waals surface area (Å²) in [7, 11) is 0. The Balaban J connectivity index is 1.93.